The zero-order chi connectivity index (χ0) is 13.3. The highest BCUT2D eigenvalue weighted by Crippen LogP contribution is 2.24. The number of benzene rings is 1. The zero-order valence-corrected chi connectivity index (χ0v) is 10.9. The fourth-order valence-electron chi connectivity index (χ4n) is 2.35. The maximum absolute atomic E-state index is 13.3. The van der Waals surface area contributed by atoms with Crippen molar-refractivity contribution >= 4 is 0 Å². The molecule has 4 heteroatoms. The standard InChI is InChI=1S/C14H18FN3/c1-9(8-16)14-10(2)17-18(11(14)3)13-6-4-5-12(15)7-13/h4-7,9H,8,16H2,1-3H3. The molecular weight excluding hydrogens is 229 g/mol. The summed E-state index contributed by atoms with van der Waals surface area (Å²) in [7, 11) is 0. The maximum atomic E-state index is 13.3. The van der Waals surface area contributed by atoms with Gasteiger partial charge >= 0.3 is 0 Å². The molecular formula is C14H18FN3. The van der Waals surface area contributed by atoms with Gasteiger partial charge in [0, 0.05) is 11.3 Å². The normalized spacial score (nSPS) is 12.7. The predicted molar refractivity (Wildman–Crippen MR) is 70.5 cm³/mol. The van der Waals surface area contributed by atoms with Gasteiger partial charge in [0.2, 0.25) is 0 Å². The average molecular weight is 247 g/mol. The number of aromatic nitrogens is 2. The molecule has 2 rings (SSSR count). The summed E-state index contributed by atoms with van der Waals surface area (Å²) in [6.07, 6.45) is 0. The van der Waals surface area contributed by atoms with Gasteiger partial charge in [0.1, 0.15) is 5.82 Å². The quantitative estimate of drug-likeness (QED) is 0.906. The molecule has 0 fully saturated rings. The van der Waals surface area contributed by atoms with E-state index in [0.717, 1.165) is 22.6 Å². The number of aryl methyl sites for hydroxylation is 1. The SMILES string of the molecule is Cc1nn(-c2cccc(F)c2)c(C)c1C(C)CN. The Labute approximate surface area is 106 Å². The zero-order valence-electron chi connectivity index (χ0n) is 10.9. The first-order valence-corrected chi connectivity index (χ1v) is 6.06. The van der Waals surface area contributed by atoms with Crippen molar-refractivity contribution in [3.8, 4) is 5.69 Å². The molecule has 0 aliphatic heterocycles. The lowest BCUT2D eigenvalue weighted by Gasteiger charge is -2.10. The Kier molecular flexibility index (Phi) is 3.48. The predicted octanol–water partition coefficient (Wildman–Crippen LogP) is 2.69. The van der Waals surface area contributed by atoms with Crippen molar-refractivity contribution in [2.75, 3.05) is 6.54 Å². The van der Waals surface area contributed by atoms with E-state index in [9.17, 15) is 4.39 Å². The monoisotopic (exact) mass is 247 g/mol. The van der Waals surface area contributed by atoms with Gasteiger partial charge in [0.05, 0.1) is 11.4 Å². The Balaban J connectivity index is 2.54. The minimum Gasteiger partial charge on any atom is -0.330 e. The molecule has 1 aromatic carbocycles. The first-order valence-electron chi connectivity index (χ1n) is 6.06. The minimum absolute atomic E-state index is 0.256. The van der Waals surface area contributed by atoms with E-state index < -0.39 is 0 Å². The Morgan fingerprint density at radius 3 is 2.72 bits per heavy atom. The van der Waals surface area contributed by atoms with Gasteiger partial charge in [-0.1, -0.05) is 13.0 Å². The van der Waals surface area contributed by atoms with Crippen LogP contribution in [-0.2, 0) is 0 Å². The van der Waals surface area contributed by atoms with E-state index in [4.69, 9.17) is 5.73 Å². The topological polar surface area (TPSA) is 43.8 Å². The van der Waals surface area contributed by atoms with Crippen molar-refractivity contribution in [1.82, 2.24) is 9.78 Å². The summed E-state index contributed by atoms with van der Waals surface area (Å²) >= 11 is 0. The van der Waals surface area contributed by atoms with E-state index in [0.29, 0.717) is 6.54 Å². The fourth-order valence-corrected chi connectivity index (χ4v) is 2.35. The third-order valence-corrected chi connectivity index (χ3v) is 3.25. The van der Waals surface area contributed by atoms with Crippen LogP contribution in [0.3, 0.4) is 0 Å². The van der Waals surface area contributed by atoms with Gasteiger partial charge in [0.25, 0.3) is 0 Å². The van der Waals surface area contributed by atoms with Crippen LogP contribution in [0.5, 0.6) is 0 Å². The van der Waals surface area contributed by atoms with Crippen molar-refractivity contribution in [1.29, 1.82) is 0 Å². The third kappa shape index (κ3) is 2.16. The molecule has 0 saturated carbocycles. The summed E-state index contributed by atoms with van der Waals surface area (Å²) in [5.74, 6) is 0.000727. The lowest BCUT2D eigenvalue weighted by Crippen LogP contribution is -2.10. The molecule has 0 amide bonds. The van der Waals surface area contributed by atoms with Gasteiger partial charge in [0.15, 0.2) is 0 Å². The van der Waals surface area contributed by atoms with Crippen LogP contribution < -0.4 is 5.73 Å². The molecule has 0 saturated heterocycles. The van der Waals surface area contributed by atoms with Crippen LogP contribution in [-0.4, -0.2) is 16.3 Å². The fraction of sp³-hybridized carbons (Fsp3) is 0.357. The number of hydrogen-bond acceptors (Lipinski definition) is 2. The van der Waals surface area contributed by atoms with Gasteiger partial charge in [-0.3, -0.25) is 0 Å². The van der Waals surface area contributed by atoms with Crippen LogP contribution >= 0.6 is 0 Å². The van der Waals surface area contributed by atoms with Gasteiger partial charge in [-0.25, -0.2) is 9.07 Å². The van der Waals surface area contributed by atoms with E-state index in [-0.39, 0.29) is 11.7 Å². The Bertz CT molecular complexity index is 560. The molecule has 96 valence electrons. The lowest BCUT2D eigenvalue weighted by molar-refractivity contribution is 0.625. The van der Waals surface area contributed by atoms with Crippen molar-refractivity contribution < 1.29 is 4.39 Å². The van der Waals surface area contributed by atoms with E-state index in [2.05, 4.69) is 12.0 Å². The molecule has 18 heavy (non-hydrogen) atoms. The highest BCUT2D eigenvalue weighted by Gasteiger charge is 2.17. The van der Waals surface area contributed by atoms with Gasteiger partial charge < -0.3 is 5.73 Å². The van der Waals surface area contributed by atoms with E-state index in [1.165, 1.54) is 12.1 Å². The Morgan fingerprint density at radius 1 is 1.39 bits per heavy atom. The van der Waals surface area contributed by atoms with Crippen LogP contribution in [0.1, 0.15) is 29.8 Å². The largest absolute Gasteiger partial charge is 0.330 e. The molecule has 3 nitrogen and oxygen atoms in total. The first kappa shape index (κ1) is 12.8. The van der Waals surface area contributed by atoms with Crippen LogP contribution in [0.2, 0.25) is 0 Å². The number of halogens is 1. The van der Waals surface area contributed by atoms with Crippen LogP contribution in [0, 0.1) is 19.7 Å². The van der Waals surface area contributed by atoms with E-state index in [1.807, 2.05) is 19.9 Å². The van der Waals surface area contributed by atoms with Crippen molar-refractivity contribution in [2.45, 2.75) is 26.7 Å². The molecule has 0 spiro atoms. The molecule has 1 unspecified atom stereocenters. The molecule has 2 aromatic rings. The number of hydrogen-bond donors (Lipinski definition) is 1. The summed E-state index contributed by atoms with van der Waals surface area (Å²) in [6, 6.07) is 6.45. The van der Waals surface area contributed by atoms with Crippen LogP contribution in [0.4, 0.5) is 4.39 Å². The van der Waals surface area contributed by atoms with Gasteiger partial charge in [-0.15, -0.1) is 0 Å². The number of nitrogens with two attached hydrogens (primary N) is 1. The van der Waals surface area contributed by atoms with Crippen LogP contribution in [0.25, 0.3) is 5.69 Å². The van der Waals surface area contributed by atoms with Crippen LogP contribution in [0.15, 0.2) is 24.3 Å². The molecule has 1 heterocycles. The smallest absolute Gasteiger partial charge is 0.125 e. The van der Waals surface area contributed by atoms with Crippen molar-refractivity contribution in [3.63, 3.8) is 0 Å². The number of rotatable bonds is 3. The summed E-state index contributed by atoms with van der Waals surface area (Å²) in [5, 5.41) is 4.49. The number of nitrogens with zero attached hydrogens (tertiary/aromatic N) is 2. The van der Waals surface area contributed by atoms with E-state index in [1.54, 1.807) is 10.7 Å². The molecule has 0 radical (unpaired) electrons. The van der Waals surface area contributed by atoms with Crippen molar-refractivity contribution in [2.24, 2.45) is 5.73 Å². The Hall–Kier alpha value is -1.68. The summed E-state index contributed by atoms with van der Waals surface area (Å²) in [5.41, 5.74) is 9.59. The van der Waals surface area contributed by atoms with Gasteiger partial charge in [-0.05, 0) is 44.5 Å². The second-order valence-electron chi connectivity index (χ2n) is 4.61. The van der Waals surface area contributed by atoms with Gasteiger partial charge in [-0.2, -0.15) is 5.10 Å². The van der Waals surface area contributed by atoms with Crippen molar-refractivity contribution in [3.05, 3.63) is 47.0 Å². The Morgan fingerprint density at radius 2 is 2.11 bits per heavy atom. The summed E-state index contributed by atoms with van der Waals surface area (Å²) in [6.45, 7) is 6.61. The molecule has 1 aromatic heterocycles. The minimum atomic E-state index is -0.256. The summed E-state index contributed by atoms with van der Waals surface area (Å²) < 4.78 is 15.0. The molecule has 0 bridgehead atoms. The molecule has 2 N–H and O–H groups in total. The molecule has 0 aliphatic rings. The first-order chi connectivity index (χ1) is 8.54. The molecule has 1 atom stereocenters. The maximum Gasteiger partial charge on any atom is 0.125 e. The highest BCUT2D eigenvalue weighted by atomic mass is 19.1. The third-order valence-electron chi connectivity index (χ3n) is 3.25. The second kappa shape index (κ2) is 4.90. The molecule has 0 aliphatic carbocycles. The highest BCUT2D eigenvalue weighted by molar-refractivity contribution is 5.38. The lowest BCUT2D eigenvalue weighted by atomic mass is 9.99. The summed E-state index contributed by atoms with van der Waals surface area (Å²) in [4.78, 5) is 0. The average Bonchev–Trinajstić information content (AvgIpc) is 2.64. The van der Waals surface area contributed by atoms with E-state index >= 15 is 0 Å². The second-order valence-corrected chi connectivity index (χ2v) is 4.61.